The molecule has 4 rings (SSSR count). The highest BCUT2D eigenvalue weighted by molar-refractivity contribution is 6.35. The Morgan fingerprint density at radius 1 is 1.19 bits per heavy atom. The van der Waals surface area contributed by atoms with Crippen molar-refractivity contribution in [3.8, 4) is 0 Å². The highest BCUT2D eigenvalue weighted by Crippen LogP contribution is 2.34. The fourth-order valence-corrected chi connectivity index (χ4v) is 2.75. The molecule has 0 atom stereocenters. The summed E-state index contributed by atoms with van der Waals surface area (Å²) in [5, 5.41) is 5.41. The van der Waals surface area contributed by atoms with E-state index in [1.54, 1.807) is 42.7 Å². The molecule has 0 fully saturated rings. The molecule has 2 amide bonds. The standard InChI is InChI=1S/C19H13FN4O2/c20-15-4-2-1-3-12(15)18(25)23-11-5-6-16-13(9-11)14(19(26)24-16)10-17-21-7-8-22-17/h1-10H,(H,21,22)(H,23,25)(H,24,26)/b14-10-. The van der Waals surface area contributed by atoms with Crippen LogP contribution in [0.2, 0.25) is 0 Å². The predicted molar refractivity (Wildman–Crippen MR) is 95.9 cm³/mol. The Hall–Kier alpha value is -3.74. The van der Waals surface area contributed by atoms with Gasteiger partial charge in [-0.25, -0.2) is 9.37 Å². The number of halogens is 1. The van der Waals surface area contributed by atoms with E-state index in [0.717, 1.165) is 0 Å². The average molecular weight is 348 g/mol. The smallest absolute Gasteiger partial charge is 0.258 e. The van der Waals surface area contributed by atoms with Gasteiger partial charge >= 0.3 is 0 Å². The lowest BCUT2D eigenvalue weighted by molar-refractivity contribution is -0.110. The monoisotopic (exact) mass is 348 g/mol. The number of aromatic amines is 1. The molecule has 0 unspecified atom stereocenters. The van der Waals surface area contributed by atoms with Crippen molar-refractivity contribution in [3.63, 3.8) is 0 Å². The van der Waals surface area contributed by atoms with Crippen molar-refractivity contribution in [2.75, 3.05) is 10.6 Å². The van der Waals surface area contributed by atoms with Crippen molar-refractivity contribution < 1.29 is 14.0 Å². The molecule has 3 N–H and O–H groups in total. The second kappa shape index (κ2) is 6.29. The highest BCUT2D eigenvalue weighted by atomic mass is 19.1. The number of H-pyrrole nitrogens is 1. The fraction of sp³-hybridized carbons (Fsp3) is 0. The normalized spacial score (nSPS) is 14.2. The van der Waals surface area contributed by atoms with Crippen LogP contribution in [0.3, 0.4) is 0 Å². The summed E-state index contributed by atoms with van der Waals surface area (Å²) < 4.78 is 13.8. The molecule has 1 aromatic heterocycles. The summed E-state index contributed by atoms with van der Waals surface area (Å²) in [5.41, 5.74) is 2.11. The second-order valence-corrected chi connectivity index (χ2v) is 5.68. The molecule has 2 aromatic carbocycles. The van der Waals surface area contributed by atoms with Crippen molar-refractivity contribution in [2.45, 2.75) is 0 Å². The van der Waals surface area contributed by atoms with E-state index in [1.807, 2.05) is 0 Å². The quantitative estimate of drug-likeness (QED) is 0.635. The maximum atomic E-state index is 13.8. The first-order chi connectivity index (χ1) is 12.6. The van der Waals surface area contributed by atoms with E-state index < -0.39 is 11.7 Å². The van der Waals surface area contributed by atoms with Crippen LogP contribution in [0, 0.1) is 5.82 Å². The molecular weight excluding hydrogens is 335 g/mol. The van der Waals surface area contributed by atoms with Crippen molar-refractivity contribution in [3.05, 3.63) is 77.6 Å². The Labute approximate surface area is 147 Å². The van der Waals surface area contributed by atoms with Crippen LogP contribution in [0.1, 0.15) is 21.7 Å². The van der Waals surface area contributed by atoms with E-state index >= 15 is 0 Å². The van der Waals surface area contributed by atoms with Gasteiger partial charge in [-0.2, -0.15) is 0 Å². The molecule has 26 heavy (non-hydrogen) atoms. The summed E-state index contributed by atoms with van der Waals surface area (Å²) in [6.45, 7) is 0. The van der Waals surface area contributed by atoms with Crippen LogP contribution in [-0.2, 0) is 4.79 Å². The Morgan fingerprint density at radius 3 is 2.81 bits per heavy atom. The second-order valence-electron chi connectivity index (χ2n) is 5.68. The number of hydrogen-bond donors (Lipinski definition) is 3. The van der Waals surface area contributed by atoms with E-state index in [4.69, 9.17) is 0 Å². The van der Waals surface area contributed by atoms with Crippen LogP contribution in [0.4, 0.5) is 15.8 Å². The third kappa shape index (κ3) is 2.86. The number of anilines is 2. The van der Waals surface area contributed by atoms with E-state index in [1.165, 1.54) is 18.2 Å². The number of hydrogen-bond acceptors (Lipinski definition) is 3. The van der Waals surface area contributed by atoms with Gasteiger partial charge in [0.25, 0.3) is 11.8 Å². The number of carbonyl (C=O) groups excluding carboxylic acids is 2. The van der Waals surface area contributed by atoms with Crippen molar-refractivity contribution in [1.29, 1.82) is 0 Å². The average Bonchev–Trinajstić information content (AvgIpc) is 3.24. The molecule has 7 heteroatoms. The van der Waals surface area contributed by atoms with Crippen molar-refractivity contribution >= 4 is 34.8 Å². The first kappa shape index (κ1) is 15.8. The van der Waals surface area contributed by atoms with Gasteiger partial charge in [-0.1, -0.05) is 12.1 Å². The number of amides is 2. The highest BCUT2D eigenvalue weighted by Gasteiger charge is 2.25. The van der Waals surface area contributed by atoms with E-state index in [-0.39, 0.29) is 11.5 Å². The number of fused-ring (bicyclic) bond motifs is 1. The molecule has 1 aliphatic rings. The van der Waals surface area contributed by atoms with E-state index in [9.17, 15) is 14.0 Å². The SMILES string of the molecule is O=C1Nc2ccc(NC(=O)c3ccccc3F)cc2/C1=C/c1ncc[nH]1. The molecular formula is C19H13FN4O2. The van der Waals surface area contributed by atoms with Gasteiger partial charge < -0.3 is 15.6 Å². The lowest BCUT2D eigenvalue weighted by atomic mass is 10.1. The summed E-state index contributed by atoms with van der Waals surface area (Å²) >= 11 is 0. The van der Waals surface area contributed by atoms with Crippen LogP contribution < -0.4 is 10.6 Å². The minimum absolute atomic E-state index is 0.0476. The number of imidazole rings is 1. The van der Waals surface area contributed by atoms with Gasteiger partial charge in [0.05, 0.1) is 11.1 Å². The van der Waals surface area contributed by atoms with Gasteiger partial charge in [-0.15, -0.1) is 0 Å². The van der Waals surface area contributed by atoms with Gasteiger partial charge in [-0.05, 0) is 36.4 Å². The van der Waals surface area contributed by atoms with Crippen LogP contribution in [0.15, 0.2) is 54.9 Å². The Balaban J connectivity index is 1.65. The molecule has 0 saturated heterocycles. The summed E-state index contributed by atoms with van der Waals surface area (Å²) in [6, 6.07) is 10.7. The molecule has 0 aliphatic carbocycles. The van der Waals surface area contributed by atoms with E-state index in [0.29, 0.717) is 28.3 Å². The van der Waals surface area contributed by atoms with Crippen molar-refractivity contribution in [1.82, 2.24) is 9.97 Å². The predicted octanol–water partition coefficient (Wildman–Crippen LogP) is 3.29. The molecule has 1 aliphatic heterocycles. The zero-order chi connectivity index (χ0) is 18.1. The van der Waals surface area contributed by atoms with Gasteiger partial charge in [0, 0.05) is 29.3 Å². The lowest BCUT2D eigenvalue weighted by Crippen LogP contribution is -2.13. The minimum atomic E-state index is -0.596. The van der Waals surface area contributed by atoms with Crippen molar-refractivity contribution in [2.24, 2.45) is 0 Å². The lowest BCUT2D eigenvalue weighted by Gasteiger charge is -2.08. The summed E-state index contributed by atoms with van der Waals surface area (Å²) in [6.07, 6.45) is 4.88. The molecule has 0 bridgehead atoms. The van der Waals surface area contributed by atoms with Gasteiger partial charge in [0.2, 0.25) is 0 Å². The van der Waals surface area contributed by atoms with Gasteiger partial charge in [0.15, 0.2) is 0 Å². The summed E-state index contributed by atoms with van der Waals surface area (Å²) in [7, 11) is 0. The topological polar surface area (TPSA) is 86.9 Å². The molecule has 3 aromatic rings. The van der Waals surface area contributed by atoms with Gasteiger partial charge in [-0.3, -0.25) is 9.59 Å². The third-order valence-electron chi connectivity index (χ3n) is 3.98. The maximum Gasteiger partial charge on any atom is 0.258 e. The number of nitrogens with zero attached hydrogens (tertiary/aromatic N) is 1. The van der Waals surface area contributed by atoms with Crippen LogP contribution in [0.25, 0.3) is 11.6 Å². The molecule has 0 saturated carbocycles. The molecule has 0 spiro atoms. The zero-order valence-corrected chi connectivity index (χ0v) is 13.4. The molecule has 6 nitrogen and oxygen atoms in total. The molecule has 128 valence electrons. The summed E-state index contributed by atoms with van der Waals surface area (Å²) in [4.78, 5) is 31.5. The van der Waals surface area contributed by atoms with Gasteiger partial charge in [0.1, 0.15) is 11.6 Å². The zero-order valence-electron chi connectivity index (χ0n) is 13.4. The number of carbonyl (C=O) groups is 2. The van der Waals surface area contributed by atoms with Crippen LogP contribution in [-0.4, -0.2) is 21.8 Å². The number of benzene rings is 2. The first-order valence-corrected chi connectivity index (χ1v) is 7.84. The van der Waals surface area contributed by atoms with E-state index in [2.05, 4.69) is 20.6 Å². The molecule has 2 heterocycles. The largest absolute Gasteiger partial charge is 0.345 e. The Bertz CT molecular complexity index is 1040. The number of rotatable bonds is 3. The first-order valence-electron chi connectivity index (χ1n) is 7.84. The maximum absolute atomic E-state index is 13.8. The van der Waals surface area contributed by atoms with Crippen LogP contribution in [0.5, 0.6) is 0 Å². The number of aromatic nitrogens is 2. The molecule has 0 radical (unpaired) electrons. The van der Waals surface area contributed by atoms with Crippen LogP contribution >= 0.6 is 0 Å². The Morgan fingerprint density at radius 2 is 2.04 bits per heavy atom. The minimum Gasteiger partial charge on any atom is -0.345 e. The number of nitrogens with one attached hydrogen (secondary N) is 3. The summed E-state index contributed by atoms with van der Waals surface area (Å²) in [5.74, 6) is -0.865. The third-order valence-corrected chi connectivity index (χ3v) is 3.98. The fourth-order valence-electron chi connectivity index (χ4n) is 2.75. The Kier molecular flexibility index (Phi) is 3.81.